The number of rotatable bonds is 4. The number of carbonyl (C=O) groups excluding carboxylic acids is 1. The van der Waals surface area contributed by atoms with Crippen LogP contribution in [0.1, 0.15) is 31.1 Å². The van der Waals surface area contributed by atoms with Gasteiger partial charge in [0.15, 0.2) is 0 Å². The molecule has 0 aliphatic carbocycles. The van der Waals surface area contributed by atoms with Gasteiger partial charge in [-0.15, -0.1) is 0 Å². The van der Waals surface area contributed by atoms with Gasteiger partial charge in [-0.05, 0) is 32.9 Å². The summed E-state index contributed by atoms with van der Waals surface area (Å²) in [5.41, 5.74) is -0.562. The van der Waals surface area contributed by atoms with Gasteiger partial charge in [-0.3, -0.25) is 4.79 Å². The lowest BCUT2D eigenvalue weighted by Gasteiger charge is -2.19. The highest BCUT2D eigenvalue weighted by molar-refractivity contribution is 8.00. The zero-order chi connectivity index (χ0) is 14.6. The summed E-state index contributed by atoms with van der Waals surface area (Å²) in [6, 6.07) is 2.75. The Hall–Kier alpha value is -1.27. The van der Waals surface area contributed by atoms with Gasteiger partial charge in [0.05, 0.1) is 11.3 Å². The highest BCUT2D eigenvalue weighted by Gasteiger charge is 2.18. The predicted molar refractivity (Wildman–Crippen MR) is 72.8 cm³/mol. The maximum Gasteiger partial charge on any atom is 0.338 e. The van der Waals surface area contributed by atoms with Gasteiger partial charge in [-0.1, -0.05) is 23.4 Å². The quantitative estimate of drug-likeness (QED) is 0.523. The summed E-state index contributed by atoms with van der Waals surface area (Å²) >= 11 is 6.70. The number of hydrogen-bond donors (Lipinski definition) is 1. The molecular weight excluding hydrogens is 290 g/mol. The Labute approximate surface area is 120 Å². The van der Waals surface area contributed by atoms with Gasteiger partial charge in [0.2, 0.25) is 0 Å². The van der Waals surface area contributed by atoms with E-state index in [4.69, 9.17) is 21.4 Å². The fourth-order valence-corrected chi connectivity index (χ4v) is 2.17. The summed E-state index contributed by atoms with van der Waals surface area (Å²) in [7, 11) is 0. The van der Waals surface area contributed by atoms with Crippen LogP contribution in [0.3, 0.4) is 0 Å². The van der Waals surface area contributed by atoms with E-state index in [1.807, 2.05) is 0 Å². The number of aromatic nitrogens is 1. The van der Waals surface area contributed by atoms with Crippen molar-refractivity contribution in [1.29, 1.82) is 0 Å². The van der Waals surface area contributed by atoms with Crippen molar-refractivity contribution in [3.8, 4) is 0 Å². The normalized spacial score (nSPS) is 11.2. The molecule has 19 heavy (non-hydrogen) atoms. The number of halogens is 1. The van der Waals surface area contributed by atoms with Crippen LogP contribution in [-0.4, -0.2) is 33.4 Å². The molecule has 0 aliphatic rings. The van der Waals surface area contributed by atoms with E-state index in [0.717, 1.165) is 11.8 Å². The minimum absolute atomic E-state index is 0.0120. The Kier molecular flexibility index (Phi) is 5.20. The summed E-state index contributed by atoms with van der Waals surface area (Å²) in [4.78, 5) is 26.4. The highest BCUT2D eigenvalue weighted by Crippen LogP contribution is 2.23. The summed E-state index contributed by atoms with van der Waals surface area (Å²) in [6.45, 7) is 5.28. The number of carboxylic acids is 1. The number of thioether (sulfide) groups is 1. The number of nitrogens with zero attached hydrogens (tertiary/aromatic N) is 1. The standard InChI is InChI=1S/C12H14ClNO4S/c1-12(2,3)18-9(15)6-19-10-7(11(16)17)4-5-8(13)14-10/h4-5H,6H2,1-3H3,(H,16,17). The van der Waals surface area contributed by atoms with Gasteiger partial charge >= 0.3 is 11.9 Å². The largest absolute Gasteiger partial charge is 0.478 e. The van der Waals surface area contributed by atoms with E-state index in [0.29, 0.717) is 0 Å². The lowest BCUT2D eigenvalue weighted by molar-refractivity contribution is -0.151. The van der Waals surface area contributed by atoms with Crippen LogP contribution in [0.15, 0.2) is 17.2 Å². The molecule has 1 rings (SSSR count). The second-order valence-electron chi connectivity index (χ2n) is 4.67. The van der Waals surface area contributed by atoms with Crippen molar-refractivity contribution in [2.24, 2.45) is 0 Å². The molecule has 1 aromatic rings. The molecule has 0 bridgehead atoms. The van der Waals surface area contributed by atoms with Crippen LogP contribution in [0, 0.1) is 0 Å². The average Bonchev–Trinajstić information content (AvgIpc) is 2.23. The SMILES string of the molecule is CC(C)(C)OC(=O)CSc1nc(Cl)ccc1C(=O)O. The molecule has 0 radical (unpaired) electrons. The first kappa shape index (κ1) is 15.8. The van der Waals surface area contributed by atoms with Crippen molar-refractivity contribution in [2.75, 3.05) is 5.75 Å². The molecule has 0 saturated heterocycles. The molecule has 0 aliphatic heterocycles. The molecule has 0 aromatic carbocycles. The van der Waals surface area contributed by atoms with Gasteiger partial charge in [0.1, 0.15) is 15.8 Å². The topological polar surface area (TPSA) is 76.5 Å². The third kappa shape index (κ3) is 5.48. The Morgan fingerprint density at radius 2 is 2.05 bits per heavy atom. The van der Waals surface area contributed by atoms with Crippen molar-refractivity contribution in [1.82, 2.24) is 4.98 Å². The Bertz CT molecular complexity index is 499. The van der Waals surface area contributed by atoms with Crippen molar-refractivity contribution in [2.45, 2.75) is 31.4 Å². The zero-order valence-electron chi connectivity index (χ0n) is 10.8. The number of aromatic carboxylic acids is 1. The van der Waals surface area contributed by atoms with Gasteiger partial charge in [-0.2, -0.15) is 0 Å². The molecule has 104 valence electrons. The number of ether oxygens (including phenoxy) is 1. The zero-order valence-corrected chi connectivity index (χ0v) is 12.3. The Morgan fingerprint density at radius 1 is 1.42 bits per heavy atom. The fraction of sp³-hybridized carbons (Fsp3) is 0.417. The van der Waals surface area contributed by atoms with Gasteiger partial charge in [0, 0.05) is 0 Å². The van der Waals surface area contributed by atoms with Gasteiger partial charge in [-0.25, -0.2) is 9.78 Å². The fourth-order valence-electron chi connectivity index (χ4n) is 1.19. The van der Waals surface area contributed by atoms with Crippen LogP contribution in [0.4, 0.5) is 0 Å². The highest BCUT2D eigenvalue weighted by atomic mass is 35.5. The van der Waals surface area contributed by atoms with Crippen LogP contribution >= 0.6 is 23.4 Å². The van der Waals surface area contributed by atoms with E-state index in [1.54, 1.807) is 20.8 Å². The maximum atomic E-state index is 11.5. The summed E-state index contributed by atoms with van der Waals surface area (Å²) in [5.74, 6) is -1.57. The first-order valence-electron chi connectivity index (χ1n) is 5.43. The van der Waals surface area contributed by atoms with Crippen LogP contribution < -0.4 is 0 Å². The molecule has 0 fully saturated rings. The molecule has 0 amide bonds. The second-order valence-corrected chi connectivity index (χ2v) is 6.02. The predicted octanol–water partition coefficient (Wildman–Crippen LogP) is 2.87. The molecular formula is C12H14ClNO4S. The summed E-state index contributed by atoms with van der Waals surface area (Å²) in [5, 5.41) is 9.37. The van der Waals surface area contributed by atoms with Crippen molar-refractivity contribution in [3.63, 3.8) is 0 Å². The van der Waals surface area contributed by atoms with E-state index >= 15 is 0 Å². The third-order valence-electron chi connectivity index (χ3n) is 1.80. The van der Waals surface area contributed by atoms with E-state index in [-0.39, 0.29) is 21.5 Å². The van der Waals surface area contributed by atoms with Crippen LogP contribution in [0.25, 0.3) is 0 Å². The summed E-state index contributed by atoms with van der Waals surface area (Å²) < 4.78 is 5.12. The molecule has 1 aromatic heterocycles. The molecule has 0 spiro atoms. The molecule has 7 heteroatoms. The number of esters is 1. The molecule has 0 saturated carbocycles. The lowest BCUT2D eigenvalue weighted by atomic mass is 10.2. The number of hydrogen-bond acceptors (Lipinski definition) is 5. The third-order valence-corrected chi connectivity index (χ3v) is 2.98. The van der Waals surface area contributed by atoms with E-state index in [1.165, 1.54) is 12.1 Å². The second kappa shape index (κ2) is 6.25. The Balaban J connectivity index is 2.75. The van der Waals surface area contributed by atoms with Crippen molar-refractivity contribution in [3.05, 3.63) is 22.8 Å². The first-order chi connectivity index (χ1) is 8.69. The molecule has 5 nitrogen and oxygen atoms in total. The lowest BCUT2D eigenvalue weighted by Crippen LogP contribution is -2.25. The molecule has 1 N–H and O–H groups in total. The van der Waals surface area contributed by atoms with E-state index in [2.05, 4.69) is 4.98 Å². The van der Waals surface area contributed by atoms with Gasteiger partial charge < -0.3 is 9.84 Å². The minimum atomic E-state index is -1.11. The Morgan fingerprint density at radius 3 is 2.58 bits per heavy atom. The minimum Gasteiger partial charge on any atom is -0.478 e. The maximum absolute atomic E-state index is 11.5. The van der Waals surface area contributed by atoms with Crippen LogP contribution in [0.5, 0.6) is 0 Å². The molecule has 0 atom stereocenters. The number of pyridine rings is 1. The van der Waals surface area contributed by atoms with E-state index in [9.17, 15) is 9.59 Å². The average molecular weight is 304 g/mol. The smallest absolute Gasteiger partial charge is 0.338 e. The molecule has 1 heterocycles. The van der Waals surface area contributed by atoms with E-state index < -0.39 is 17.5 Å². The monoisotopic (exact) mass is 303 g/mol. The van der Waals surface area contributed by atoms with Gasteiger partial charge in [0.25, 0.3) is 0 Å². The van der Waals surface area contributed by atoms with Crippen molar-refractivity contribution >= 4 is 35.3 Å². The van der Waals surface area contributed by atoms with Crippen LogP contribution in [-0.2, 0) is 9.53 Å². The first-order valence-corrected chi connectivity index (χ1v) is 6.80. The molecule has 0 unspecified atom stereocenters. The summed E-state index contributed by atoms with van der Waals surface area (Å²) in [6.07, 6.45) is 0. The number of carbonyl (C=O) groups is 2. The van der Waals surface area contributed by atoms with Crippen LogP contribution in [0.2, 0.25) is 5.15 Å². The number of carboxylic acid groups (broad SMARTS) is 1. The van der Waals surface area contributed by atoms with Crippen molar-refractivity contribution < 1.29 is 19.4 Å².